The number of hydrogen-bond donors (Lipinski definition) is 0. The van der Waals surface area contributed by atoms with Crippen LogP contribution in [0.5, 0.6) is 17.2 Å². The van der Waals surface area contributed by atoms with E-state index in [9.17, 15) is 4.79 Å². The zero-order valence-corrected chi connectivity index (χ0v) is 17.6. The smallest absolute Gasteiger partial charge is 0.281 e. The molecule has 0 spiro atoms. The average Bonchev–Trinajstić information content (AvgIpc) is 3.04. The lowest BCUT2D eigenvalue weighted by atomic mass is 10.2. The van der Waals surface area contributed by atoms with Crippen LogP contribution in [0.4, 0.5) is 0 Å². The Hall–Kier alpha value is -3.74. The van der Waals surface area contributed by atoms with E-state index in [0.29, 0.717) is 22.6 Å². The van der Waals surface area contributed by atoms with Crippen LogP contribution in [0, 0.1) is 13.8 Å². The summed E-state index contributed by atoms with van der Waals surface area (Å²) in [5, 5.41) is 5.86. The maximum Gasteiger partial charge on any atom is 0.281 e. The lowest BCUT2D eigenvalue weighted by molar-refractivity contribution is 0.354. The van der Waals surface area contributed by atoms with E-state index in [2.05, 4.69) is 9.67 Å². The van der Waals surface area contributed by atoms with E-state index >= 15 is 0 Å². The van der Waals surface area contributed by atoms with Crippen molar-refractivity contribution in [1.82, 2.24) is 14.3 Å². The third kappa shape index (κ3) is 2.99. The van der Waals surface area contributed by atoms with E-state index in [1.54, 1.807) is 45.7 Å². The highest BCUT2D eigenvalue weighted by atomic mass is 16.5. The van der Waals surface area contributed by atoms with Gasteiger partial charge in [-0.3, -0.25) is 4.79 Å². The number of methoxy groups -OCH3 is 3. The fourth-order valence-corrected chi connectivity index (χ4v) is 3.84. The molecular formula is C23H23N3O4. The molecule has 4 aromatic rings. The van der Waals surface area contributed by atoms with Gasteiger partial charge < -0.3 is 18.8 Å². The number of aromatic nitrogens is 3. The van der Waals surface area contributed by atoms with Crippen LogP contribution in [0.3, 0.4) is 0 Å². The normalized spacial score (nSPS) is 11.0. The molecule has 2 aromatic heterocycles. The fourth-order valence-electron chi connectivity index (χ4n) is 3.84. The predicted octanol–water partition coefficient (Wildman–Crippen LogP) is 3.82. The Bertz CT molecular complexity index is 1300. The Labute approximate surface area is 174 Å². The van der Waals surface area contributed by atoms with Crippen LogP contribution in [0.2, 0.25) is 0 Å². The Morgan fingerprint density at radius 2 is 1.60 bits per heavy atom. The van der Waals surface area contributed by atoms with Crippen molar-refractivity contribution in [2.24, 2.45) is 0 Å². The molecule has 0 amide bonds. The third-order valence-corrected chi connectivity index (χ3v) is 5.32. The van der Waals surface area contributed by atoms with Gasteiger partial charge in [-0.1, -0.05) is 6.07 Å². The zero-order valence-electron chi connectivity index (χ0n) is 17.6. The molecule has 0 saturated heterocycles. The van der Waals surface area contributed by atoms with Crippen molar-refractivity contribution >= 4 is 10.8 Å². The highest BCUT2D eigenvalue weighted by Crippen LogP contribution is 2.30. The number of aryl methyl sites for hydroxylation is 2. The van der Waals surface area contributed by atoms with Gasteiger partial charge in [-0.2, -0.15) is 9.78 Å². The topological polar surface area (TPSA) is 67.5 Å². The van der Waals surface area contributed by atoms with E-state index in [1.807, 2.05) is 38.1 Å². The van der Waals surface area contributed by atoms with Gasteiger partial charge in [0.2, 0.25) is 0 Å². The maximum atomic E-state index is 13.4. The molecule has 7 nitrogen and oxygen atoms in total. The quantitative estimate of drug-likeness (QED) is 0.505. The molecule has 0 aliphatic rings. The molecule has 30 heavy (non-hydrogen) atoms. The summed E-state index contributed by atoms with van der Waals surface area (Å²) in [5.74, 6) is 1.88. The molecule has 0 saturated carbocycles. The summed E-state index contributed by atoms with van der Waals surface area (Å²) in [6.07, 6.45) is 1.73. The molecule has 0 N–H and O–H groups in total. The van der Waals surface area contributed by atoms with Crippen molar-refractivity contribution < 1.29 is 14.2 Å². The molecule has 2 aromatic carbocycles. The number of rotatable bonds is 5. The predicted molar refractivity (Wildman–Crippen MR) is 116 cm³/mol. The van der Waals surface area contributed by atoms with Gasteiger partial charge in [-0.15, -0.1) is 0 Å². The number of fused-ring (bicyclic) bond motifs is 1. The molecule has 4 rings (SSSR count). The summed E-state index contributed by atoms with van der Waals surface area (Å²) >= 11 is 0. The second-order valence-corrected chi connectivity index (χ2v) is 6.90. The molecular weight excluding hydrogens is 382 g/mol. The minimum absolute atomic E-state index is 0.193. The second-order valence-electron chi connectivity index (χ2n) is 6.90. The van der Waals surface area contributed by atoms with Gasteiger partial charge in [0.15, 0.2) is 11.5 Å². The summed E-state index contributed by atoms with van der Waals surface area (Å²) in [5.41, 5.74) is 3.13. The van der Waals surface area contributed by atoms with Crippen LogP contribution in [0.15, 0.2) is 53.5 Å². The van der Waals surface area contributed by atoms with Crippen LogP contribution in [0.1, 0.15) is 11.4 Å². The van der Waals surface area contributed by atoms with Gasteiger partial charge in [0, 0.05) is 34.6 Å². The number of ether oxygens (including phenoxy) is 3. The fraction of sp³-hybridized carbons (Fsp3) is 0.217. The molecule has 7 heteroatoms. The lowest BCUT2D eigenvalue weighted by Crippen LogP contribution is -2.21. The minimum atomic E-state index is -0.193. The van der Waals surface area contributed by atoms with Gasteiger partial charge in [0.05, 0.1) is 38.6 Å². The zero-order chi connectivity index (χ0) is 21.4. The highest BCUT2D eigenvalue weighted by Gasteiger charge is 2.18. The summed E-state index contributed by atoms with van der Waals surface area (Å²) in [7, 11) is 4.76. The highest BCUT2D eigenvalue weighted by molar-refractivity contribution is 5.88. The first-order valence-corrected chi connectivity index (χ1v) is 9.47. The Kier molecular flexibility index (Phi) is 4.95. The van der Waals surface area contributed by atoms with Crippen molar-refractivity contribution in [3.63, 3.8) is 0 Å². The second kappa shape index (κ2) is 7.59. The van der Waals surface area contributed by atoms with E-state index in [1.165, 1.54) is 4.68 Å². The summed E-state index contributed by atoms with van der Waals surface area (Å²) in [6, 6.07) is 13.0. The van der Waals surface area contributed by atoms with Gasteiger partial charge >= 0.3 is 0 Å². The van der Waals surface area contributed by atoms with Gasteiger partial charge in [-0.25, -0.2) is 0 Å². The molecule has 154 valence electrons. The minimum Gasteiger partial charge on any atom is -0.497 e. The number of hydrogen-bond acceptors (Lipinski definition) is 5. The van der Waals surface area contributed by atoms with Crippen molar-refractivity contribution in [3.05, 3.63) is 70.4 Å². The molecule has 0 bridgehead atoms. The number of nitrogens with zero attached hydrogens (tertiary/aromatic N) is 3. The van der Waals surface area contributed by atoms with Crippen LogP contribution in [0.25, 0.3) is 22.1 Å². The van der Waals surface area contributed by atoms with Crippen molar-refractivity contribution in [2.45, 2.75) is 13.8 Å². The first-order valence-electron chi connectivity index (χ1n) is 9.47. The van der Waals surface area contributed by atoms with Crippen molar-refractivity contribution in [2.75, 3.05) is 21.3 Å². The van der Waals surface area contributed by atoms with Gasteiger partial charge in [0.25, 0.3) is 5.56 Å². The van der Waals surface area contributed by atoms with Gasteiger partial charge in [-0.05, 0) is 38.1 Å². The molecule has 0 atom stereocenters. The van der Waals surface area contributed by atoms with Crippen LogP contribution >= 0.6 is 0 Å². The maximum absolute atomic E-state index is 13.4. The molecule has 0 unspecified atom stereocenters. The van der Waals surface area contributed by atoms with E-state index in [0.717, 1.165) is 28.2 Å². The number of benzene rings is 2. The molecule has 0 aliphatic carbocycles. The lowest BCUT2D eigenvalue weighted by Gasteiger charge is -2.11. The molecule has 0 aliphatic heterocycles. The SMILES string of the molecule is COc1cccc(-n2c(C)c3cnn(-c4ccc(OC)c(OC)c4)c(=O)c3c2C)c1. The first kappa shape index (κ1) is 19.6. The van der Waals surface area contributed by atoms with Gasteiger partial charge in [0.1, 0.15) is 5.75 Å². The molecule has 0 fully saturated rings. The summed E-state index contributed by atoms with van der Waals surface area (Å²) < 4.78 is 19.4. The Morgan fingerprint density at radius 1 is 0.833 bits per heavy atom. The standard InChI is InChI=1S/C23H23N3O4/c1-14-19-13-24-26(17-9-10-20(29-4)21(12-17)30-5)23(27)22(19)15(2)25(14)16-7-6-8-18(11-16)28-3/h6-13H,1-5H3. The molecule has 2 heterocycles. The van der Waals surface area contributed by atoms with Crippen molar-refractivity contribution in [3.8, 4) is 28.6 Å². The van der Waals surface area contributed by atoms with Crippen molar-refractivity contribution in [1.29, 1.82) is 0 Å². The van der Waals surface area contributed by atoms with E-state index < -0.39 is 0 Å². The first-order chi connectivity index (χ1) is 14.5. The van der Waals surface area contributed by atoms with Crippen LogP contribution in [-0.2, 0) is 0 Å². The van der Waals surface area contributed by atoms with E-state index in [4.69, 9.17) is 14.2 Å². The Morgan fingerprint density at radius 3 is 2.30 bits per heavy atom. The Balaban J connectivity index is 1.94. The average molecular weight is 405 g/mol. The van der Waals surface area contributed by atoms with Crippen LogP contribution < -0.4 is 19.8 Å². The molecule has 0 radical (unpaired) electrons. The summed E-state index contributed by atoms with van der Waals surface area (Å²) in [4.78, 5) is 13.4. The van der Waals surface area contributed by atoms with E-state index in [-0.39, 0.29) is 5.56 Å². The third-order valence-electron chi connectivity index (χ3n) is 5.32. The monoisotopic (exact) mass is 405 g/mol. The summed E-state index contributed by atoms with van der Waals surface area (Å²) in [6.45, 7) is 3.92. The van der Waals surface area contributed by atoms with Crippen LogP contribution in [-0.4, -0.2) is 35.7 Å². The largest absolute Gasteiger partial charge is 0.497 e.